The van der Waals surface area contributed by atoms with E-state index in [1.54, 1.807) is 0 Å². The van der Waals surface area contributed by atoms with Gasteiger partial charge in [-0.3, -0.25) is 24.2 Å². The van der Waals surface area contributed by atoms with Crippen molar-refractivity contribution in [2.24, 2.45) is 5.92 Å². The lowest BCUT2D eigenvalue weighted by Gasteiger charge is -2.43. The maximum atomic E-state index is 13.1. The van der Waals surface area contributed by atoms with Crippen LogP contribution < -0.4 is 5.32 Å². The fourth-order valence-corrected chi connectivity index (χ4v) is 7.07. The first kappa shape index (κ1) is 38.1. The van der Waals surface area contributed by atoms with Crippen LogP contribution in [0.3, 0.4) is 0 Å². The number of imide groups is 1. The molecule has 12 heteroatoms. The summed E-state index contributed by atoms with van der Waals surface area (Å²) in [6.07, 6.45) is -0.663. The lowest BCUT2D eigenvalue weighted by molar-refractivity contribution is -0.276. The lowest BCUT2D eigenvalue weighted by Crippen LogP contribution is -2.48. The Bertz CT molecular complexity index is 1740. The Labute approximate surface area is 310 Å². The van der Waals surface area contributed by atoms with Gasteiger partial charge in [0.2, 0.25) is 5.91 Å². The van der Waals surface area contributed by atoms with Crippen LogP contribution in [0, 0.1) is 5.92 Å². The number of esters is 1. The Morgan fingerprint density at radius 2 is 1.58 bits per heavy atom. The summed E-state index contributed by atoms with van der Waals surface area (Å²) in [5.41, 5.74) is 3.45. The van der Waals surface area contributed by atoms with Gasteiger partial charge in [-0.15, -0.1) is 0 Å². The highest BCUT2D eigenvalue weighted by Gasteiger charge is 2.43. The number of ether oxygens (including phenoxy) is 4. The molecule has 3 aromatic carbocycles. The molecule has 3 aromatic rings. The van der Waals surface area contributed by atoms with E-state index in [1.165, 1.54) is 0 Å². The summed E-state index contributed by atoms with van der Waals surface area (Å²) in [7, 11) is 0. The molecule has 0 radical (unpaired) electrons. The van der Waals surface area contributed by atoms with Crippen molar-refractivity contribution in [3.63, 3.8) is 0 Å². The minimum Gasteiger partial charge on any atom is -0.459 e. The fourth-order valence-electron chi connectivity index (χ4n) is 7.07. The highest BCUT2D eigenvalue weighted by Crippen LogP contribution is 2.42. The lowest BCUT2D eigenvalue weighted by atomic mass is 9.90. The molecule has 0 spiro atoms. The van der Waals surface area contributed by atoms with Crippen molar-refractivity contribution in [3.05, 3.63) is 107 Å². The van der Waals surface area contributed by atoms with Crippen molar-refractivity contribution in [1.82, 2.24) is 15.1 Å². The van der Waals surface area contributed by atoms with E-state index in [-0.39, 0.29) is 62.2 Å². The number of amides is 3. The van der Waals surface area contributed by atoms with Crippen LogP contribution in [-0.2, 0) is 53.1 Å². The Balaban J connectivity index is 1.13. The molecule has 3 heterocycles. The summed E-state index contributed by atoms with van der Waals surface area (Å²) in [6, 6.07) is 22.9. The third-order valence-corrected chi connectivity index (χ3v) is 9.92. The second kappa shape index (κ2) is 16.6. The number of hydrogen-bond donors (Lipinski definition) is 2. The van der Waals surface area contributed by atoms with E-state index >= 15 is 0 Å². The van der Waals surface area contributed by atoms with Gasteiger partial charge in [0, 0.05) is 18.0 Å². The number of nitrogens with one attached hydrogen (secondary N) is 1. The summed E-state index contributed by atoms with van der Waals surface area (Å²) < 4.78 is 24.3. The summed E-state index contributed by atoms with van der Waals surface area (Å²) in [5, 5.41) is 12.1. The summed E-state index contributed by atoms with van der Waals surface area (Å²) in [5.74, 6) is -1.18. The number of carbonyl (C=O) groups excluding carboxylic acids is 4. The molecule has 2 N–H and O–H groups in total. The molecule has 6 atom stereocenters. The van der Waals surface area contributed by atoms with Crippen molar-refractivity contribution in [1.29, 1.82) is 0 Å². The zero-order valence-electron chi connectivity index (χ0n) is 30.7. The van der Waals surface area contributed by atoms with Crippen LogP contribution in [0.15, 0.2) is 78.9 Å². The van der Waals surface area contributed by atoms with Crippen LogP contribution in [0.1, 0.15) is 87.2 Å². The number of benzene rings is 3. The van der Waals surface area contributed by atoms with Crippen LogP contribution in [0.5, 0.6) is 0 Å². The van der Waals surface area contributed by atoms with E-state index in [0.29, 0.717) is 6.54 Å². The molecule has 12 nitrogen and oxygen atoms in total. The normalized spacial score (nSPS) is 25.0. The zero-order valence-corrected chi connectivity index (χ0v) is 30.7. The van der Waals surface area contributed by atoms with Gasteiger partial charge < -0.3 is 29.4 Å². The summed E-state index contributed by atoms with van der Waals surface area (Å²) in [4.78, 5) is 54.8. The molecule has 0 saturated carbocycles. The van der Waals surface area contributed by atoms with Gasteiger partial charge >= 0.3 is 12.1 Å². The molecule has 3 aliphatic rings. The first-order valence-corrected chi connectivity index (χ1v) is 18.3. The fraction of sp³-hybridized carbons (Fsp3) is 0.463. The predicted octanol–water partition coefficient (Wildman–Crippen LogP) is 5.33. The molecule has 6 rings (SSSR count). The van der Waals surface area contributed by atoms with Crippen LogP contribution in [0.4, 0.5) is 4.79 Å². The van der Waals surface area contributed by atoms with Gasteiger partial charge in [-0.05, 0) is 62.4 Å². The minimum absolute atomic E-state index is 0.0437. The molecule has 282 valence electrons. The highest BCUT2D eigenvalue weighted by molar-refractivity contribution is 6.06. The van der Waals surface area contributed by atoms with Gasteiger partial charge in [0.05, 0.1) is 31.8 Å². The van der Waals surface area contributed by atoms with E-state index in [9.17, 15) is 24.3 Å². The largest absolute Gasteiger partial charge is 0.459 e. The number of alkyl carbamates (subject to hydrolysis) is 1. The smallest absolute Gasteiger partial charge is 0.408 e. The van der Waals surface area contributed by atoms with E-state index in [4.69, 9.17) is 18.9 Å². The van der Waals surface area contributed by atoms with Crippen molar-refractivity contribution in [3.8, 4) is 0 Å². The van der Waals surface area contributed by atoms with E-state index < -0.39 is 29.9 Å². The topological polar surface area (TPSA) is 144 Å². The Kier molecular flexibility index (Phi) is 11.9. The van der Waals surface area contributed by atoms with Crippen LogP contribution in [0.2, 0.25) is 0 Å². The van der Waals surface area contributed by atoms with E-state index in [2.05, 4.69) is 17.1 Å². The predicted molar refractivity (Wildman–Crippen MR) is 194 cm³/mol. The van der Waals surface area contributed by atoms with Crippen LogP contribution in [-0.4, -0.2) is 75.7 Å². The molecule has 3 aliphatic heterocycles. The van der Waals surface area contributed by atoms with Crippen LogP contribution >= 0.6 is 0 Å². The van der Waals surface area contributed by atoms with Gasteiger partial charge in [-0.1, -0.05) is 85.8 Å². The Morgan fingerprint density at radius 3 is 2.26 bits per heavy atom. The van der Waals surface area contributed by atoms with E-state index in [1.807, 2.05) is 99.6 Å². The molecule has 1 unspecified atom stereocenters. The maximum absolute atomic E-state index is 13.1. The van der Waals surface area contributed by atoms with Gasteiger partial charge in [-0.25, -0.2) is 4.79 Å². The zero-order chi connectivity index (χ0) is 37.7. The van der Waals surface area contributed by atoms with Crippen molar-refractivity contribution >= 4 is 23.9 Å². The number of hydrogen-bond acceptors (Lipinski definition) is 10. The minimum atomic E-state index is -0.998. The molecule has 3 saturated heterocycles. The SMILES string of the molecule is C[C@H]1[C@@H](CN2CCC[C@H]2C(=O)OC(C)(C)C)O[C@@H](c2ccc(CN3C(=O)CC(NC(=O)OCc4ccccc4)C3=O)cc2)O[C@H]1c1ccc(CO)cc1. The molecule has 0 aliphatic carbocycles. The Morgan fingerprint density at radius 1 is 0.906 bits per heavy atom. The second-order valence-corrected chi connectivity index (χ2v) is 15.0. The van der Waals surface area contributed by atoms with Gasteiger partial charge in [0.1, 0.15) is 24.3 Å². The molecule has 3 fully saturated rings. The quantitative estimate of drug-likeness (QED) is 0.197. The third kappa shape index (κ3) is 9.49. The standard InChI is InChI=1S/C41H49N3O9/c1-26-34(23-43-20-8-11-33(43)38(48)53-41(2,3)4)51-39(52-36(26)30-16-14-28(24-45)15-17-30)31-18-12-27(13-19-31)22-44-35(46)21-32(37(44)47)42-40(49)50-25-29-9-6-5-7-10-29/h5-7,9-10,12-19,26,32-34,36,39,45H,8,11,20-25H2,1-4H3,(H,42,49)/t26-,32?,33-,34+,36+,39+/m0/s1. The highest BCUT2D eigenvalue weighted by atomic mass is 16.7. The summed E-state index contributed by atoms with van der Waals surface area (Å²) in [6.45, 7) is 9.01. The van der Waals surface area contributed by atoms with Gasteiger partial charge in [0.15, 0.2) is 6.29 Å². The van der Waals surface area contributed by atoms with E-state index in [0.717, 1.165) is 52.1 Å². The van der Waals surface area contributed by atoms with Crippen molar-refractivity contribution in [2.75, 3.05) is 13.1 Å². The number of carbonyl (C=O) groups is 4. The molecule has 0 aromatic heterocycles. The monoisotopic (exact) mass is 727 g/mol. The number of aliphatic hydroxyl groups is 1. The van der Waals surface area contributed by atoms with Crippen molar-refractivity contribution < 1.29 is 43.2 Å². The number of aliphatic hydroxyl groups excluding tert-OH is 1. The molecule has 0 bridgehead atoms. The van der Waals surface area contributed by atoms with Crippen LogP contribution in [0.25, 0.3) is 0 Å². The average molecular weight is 728 g/mol. The average Bonchev–Trinajstić information content (AvgIpc) is 3.71. The Hall–Kier alpha value is -4.62. The second-order valence-electron chi connectivity index (χ2n) is 15.0. The maximum Gasteiger partial charge on any atom is 0.408 e. The number of rotatable bonds is 11. The molecular weight excluding hydrogens is 678 g/mol. The molecule has 53 heavy (non-hydrogen) atoms. The third-order valence-electron chi connectivity index (χ3n) is 9.92. The first-order chi connectivity index (χ1) is 25.4. The molecular formula is C41H49N3O9. The van der Waals surface area contributed by atoms with Gasteiger partial charge in [-0.2, -0.15) is 0 Å². The molecule has 3 amide bonds. The van der Waals surface area contributed by atoms with Crippen molar-refractivity contribution in [2.45, 2.75) is 103 Å². The van der Waals surface area contributed by atoms with Gasteiger partial charge in [0.25, 0.3) is 5.91 Å². The first-order valence-electron chi connectivity index (χ1n) is 18.3. The summed E-state index contributed by atoms with van der Waals surface area (Å²) >= 11 is 0. The number of likely N-dealkylation sites (tertiary alicyclic amines) is 2. The number of nitrogens with zero attached hydrogens (tertiary/aromatic N) is 2.